The van der Waals surface area contributed by atoms with E-state index in [0.717, 1.165) is 12.7 Å². The number of aldehydes is 1. The van der Waals surface area contributed by atoms with E-state index in [1.54, 1.807) is 24.3 Å². The first-order valence-electron chi connectivity index (χ1n) is 6.31. The summed E-state index contributed by atoms with van der Waals surface area (Å²) in [7, 11) is 0. The van der Waals surface area contributed by atoms with Gasteiger partial charge in [-0.1, -0.05) is 13.0 Å². The SMILES string of the molecule is CCCOc1ccc(C=O)cc1NC(=O)c1cccs1. The fourth-order valence-electron chi connectivity index (χ4n) is 1.65. The van der Waals surface area contributed by atoms with Gasteiger partial charge in [-0.2, -0.15) is 0 Å². The first-order chi connectivity index (χ1) is 9.74. The third-order valence-corrected chi connectivity index (χ3v) is 3.46. The maximum Gasteiger partial charge on any atom is 0.265 e. The van der Waals surface area contributed by atoms with Crippen LogP contribution in [0.2, 0.25) is 0 Å². The summed E-state index contributed by atoms with van der Waals surface area (Å²) in [4.78, 5) is 23.5. The Hall–Kier alpha value is -2.14. The lowest BCUT2D eigenvalue weighted by Gasteiger charge is -2.12. The zero-order chi connectivity index (χ0) is 14.4. The van der Waals surface area contributed by atoms with Gasteiger partial charge in [0, 0.05) is 5.56 Å². The van der Waals surface area contributed by atoms with Gasteiger partial charge in [0.25, 0.3) is 5.91 Å². The van der Waals surface area contributed by atoms with Crippen LogP contribution in [0.1, 0.15) is 33.4 Å². The fraction of sp³-hybridized carbons (Fsp3) is 0.200. The van der Waals surface area contributed by atoms with Gasteiger partial charge >= 0.3 is 0 Å². The van der Waals surface area contributed by atoms with Crippen molar-refractivity contribution >= 4 is 29.2 Å². The van der Waals surface area contributed by atoms with Gasteiger partial charge in [-0.3, -0.25) is 9.59 Å². The number of anilines is 1. The second-order valence-corrected chi connectivity index (χ2v) is 5.10. The number of hydrogen-bond donors (Lipinski definition) is 1. The van der Waals surface area contributed by atoms with Crippen molar-refractivity contribution in [3.8, 4) is 5.75 Å². The number of ether oxygens (including phenoxy) is 1. The number of carbonyl (C=O) groups excluding carboxylic acids is 2. The van der Waals surface area contributed by atoms with Crippen LogP contribution in [0.25, 0.3) is 0 Å². The van der Waals surface area contributed by atoms with Crippen molar-refractivity contribution < 1.29 is 14.3 Å². The molecule has 1 aromatic carbocycles. The molecule has 0 spiro atoms. The quantitative estimate of drug-likeness (QED) is 0.827. The minimum atomic E-state index is -0.204. The van der Waals surface area contributed by atoms with E-state index in [1.807, 2.05) is 18.4 Å². The van der Waals surface area contributed by atoms with Crippen molar-refractivity contribution in [1.82, 2.24) is 0 Å². The van der Waals surface area contributed by atoms with Gasteiger partial charge in [0.15, 0.2) is 0 Å². The number of carbonyl (C=O) groups is 2. The van der Waals surface area contributed by atoms with E-state index in [4.69, 9.17) is 4.74 Å². The topological polar surface area (TPSA) is 55.4 Å². The molecule has 1 N–H and O–H groups in total. The van der Waals surface area contributed by atoms with Crippen molar-refractivity contribution in [3.63, 3.8) is 0 Å². The molecular formula is C15H15NO3S. The van der Waals surface area contributed by atoms with Crippen molar-refractivity contribution in [2.75, 3.05) is 11.9 Å². The zero-order valence-corrected chi connectivity index (χ0v) is 11.9. The van der Waals surface area contributed by atoms with E-state index < -0.39 is 0 Å². The summed E-state index contributed by atoms with van der Waals surface area (Å²) in [6.45, 7) is 2.56. The Morgan fingerprint density at radius 1 is 1.40 bits per heavy atom. The Kier molecular flexibility index (Phi) is 4.90. The lowest BCUT2D eigenvalue weighted by Crippen LogP contribution is -2.12. The van der Waals surface area contributed by atoms with Gasteiger partial charge in [0.1, 0.15) is 12.0 Å². The second-order valence-electron chi connectivity index (χ2n) is 4.15. The minimum Gasteiger partial charge on any atom is -0.491 e. The van der Waals surface area contributed by atoms with Crippen LogP contribution in [-0.4, -0.2) is 18.8 Å². The molecule has 4 nitrogen and oxygen atoms in total. The molecule has 0 aliphatic carbocycles. The average Bonchev–Trinajstić information content (AvgIpc) is 3.00. The number of amides is 1. The molecule has 0 saturated heterocycles. The molecule has 0 bridgehead atoms. The predicted octanol–water partition coefficient (Wildman–Crippen LogP) is 3.60. The Morgan fingerprint density at radius 2 is 2.25 bits per heavy atom. The molecule has 0 radical (unpaired) electrons. The summed E-state index contributed by atoms with van der Waals surface area (Å²) in [6, 6.07) is 8.54. The lowest BCUT2D eigenvalue weighted by atomic mass is 10.2. The highest BCUT2D eigenvalue weighted by Gasteiger charge is 2.11. The summed E-state index contributed by atoms with van der Waals surface area (Å²) in [5.74, 6) is 0.367. The normalized spacial score (nSPS) is 10.1. The van der Waals surface area contributed by atoms with E-state index in [0.29, 0.717) is 28.5 Å². The van der Waals surface area contributed by atoms with Crippen LogP contribution in [-0.2, 0) is 0 Å². The van der Waals surface area contributed by atoms with Gasteiger partial charge in [0.05, 0.1) is 17.2 Å². The number of thiophene rings is 1. The van der Waals surface area contributed by atoms with E-state index in [2.05, 4.69) is 5.32 Å². The molecule has 0 unspecified atom stereocenters. The molecule has 0 aliphatic heterocycles. The number of rotatable bonds is 6. The van der Waals surface area contributed by atoms with Crippen LogP contribution in [0.15, 0.2) is 35.7 Å². The summed E-state index contributed by atoms with van der Waals surface area (Å²) in [5.41, 5.74) is 1.01. The fourth-order valence-corrected chi connectivity index (χ4v) is 2.27. The van der Waals surface area contributed by atoms with E-state index in [1.165, 1.54) is 11.3 Å². The maximum atomic E-state index is 12.1. The number of hydrogen-bond acceptors (Lipinski definition) is 4. The predicted molar refractivity (Wildman–Crippen MR) is 79.9 cm³/mol. The summed E-state index contributed by atoms with van der Waals surface area (Å²) in [6.07, 6.45) is 1.61. The molecule has 1 aromatic heterocycles. The van der Waals surface area contributed by atoms with Crippen molar-refractivity contribution in [1.29, 1.82) is 0 Å². The first-order valence-corrected chi connectivity index (χ1v) is 7.19. The van der Waals surface area contributed by atoms with E-state index >= 15 is 0 Å². The maximum absolute atomic E-state index is 12.1. The standard InChI is InChI=1S/C15H15NO3S/c1-2-7-19-13-6-5-11(10-17)9-12(13)16-15(18)14-4-3-8-20-14/h3-6,8-10H,2,7H2,1H3,(H,16,18). The molecule has 5 heteroatoms. The molecule has 2 aromatic rings. The van der Waals surface area contributed by atoms with Crippen LogP contribution >= 0.6 is 11.3 Å². The van der Waals surface area contributed by atoms with Crippen molar-refractivity contribution in [2.24, 2.45) is 0 Å². The third-order valence-electron chi connectivity index (χ3n) is 2.59. The third kappa shape index (κ3) is 3.45. The summed E-state index contributed by atoms with van der Waals surface area (Å²) < 4.78 is 5.58. The Bertz CT molecular complexity index is 593. The highest BCUT2D eigenvalue weighted by Crippen LogP contribution is 2.26. The van der Waals surface area contributed by atoms with Gasteiger partial charge in [-0.25, -0.2) is 0 Å². The monoisotopic (exact) mass is 289 g/mol. The largest absolute Gasteiger partial charge is 0.491 e. The van der Waals surface area contributed by atoms with E-state index in [-0.39, 0.29) is 5.91 Å². The molecule has 20 heavy (non-hydrogen) atoms. The molecule has 0 saturated carbocycles. The summed E-state index contributed by atoms with van der Waals surface area (Å²) in [5, 5.41) is 4.62. The van der Waals surface area contributed by atoms with Gasteiger partial charge in [-0.15, -0.1) is 11.3 Å². The van der Waals surface area contributed by atoms with Crippen LogP contribution in [0.5, 0.6) is 5.75 Å². The molecular weight excluding hydrogens is 274 g/mol. The smallest absolute Gasteiger partial charge is 0.265 e. The molecule has 0 atom stereocenters. The van der Waals surface area contributed by atoms with Crippen molar-refractivity contribution in [3.05, 3.63) is 46.2 Å². The minimum absolute atomic E-state index is 0.204. The van der Waals surface area contributed by atoms with Crippen molar-refractivity contribution in [2.45, 2.75) is 13.3 Å². The molecule has 104 valence electrons. The second kappa shape index (κ2) is 6.86. The van der Waals surface area contributed by atoms with Crippen LogP contribution < -0.4 is 10.1 Å². The van der Waals surface area contributed by atoms with E-state index in [9.17, 15) is 9.59 Å². The molecule has 1 amide bonds. The Morgan fingerprint density at radius 3 is 2.90 bits per heavy atom. The highest BCUT2D eigenvalue weighted by atomic mass is 32.1. The Balaban J connectivity index is 2.23. The molecule has 0 fully saturated rings. The van der Waals surface area contributed by atoms with Gasteiger partial charge in [-0.05, 0) is 36.1 Å². The Labute approximate surface area is 121 Å². The van der Waals surface area contributed by atoms with Crippen LogP contribution in [0.4, 0.5) is 5.69 Å². The molecule has 1 heterocycles. The van der Waals surface area contributed by atoms with Gasteiger partial charge < -0.3 is 10.1 Å². The molecule has 2 rings (SSSR count). The van der Waals surface area contributed by atoms with Gasteiger partial charge in [0.2, 0.25) is 0 Å². The number of benzene rings is 1. The first kappa shape index (κ1) is 14.3. The van der Waals surface area contributed by atoms with Crippen LogP contribution in [0.3, 0.4) is 0 Å². The average molecular weight is 289 g/mol. The lowest BCUT2D eigenvalue weighted by molar-refractivity contribution is 0.102. The number of nitrogens with one attached hydrogen (secondary N) is 1. The molecule has 0 aliphatic rings. The highest BCUT2D eigenvalue weighted by molar-refractivity contribution is 7.12. The van der Waals surface area contributed by atoms with Crippen LogP contribution in [0, 0.1) is 0 Å². The zero-order valence-electron chi connectivity index (χ0n) is 11.1. The summed E-state index contributed by atoms with van der Waals surface area (Å²) >= 11 is 1.36.